The minimum Gasteiger partial charge on any atom is -0.449 e. The van der Waals surface area contributed by atoms with Gasteiger partial charge in [-0.05, 0) is 18.6 Å². The van der Waals surface area contributed by atoms with Crippen LogP contribution in [-0.2, 0) is 15.2 Å². The molecule has 3 aromatic carbocycles. The molecule has 140 valence electrons. The van der Waals surface area contributed by atoms with E-state index >= 15 is 4.39 Å². The van der Waals surface area contributed by atoms with Gasteiger partial charge in [-0.1, -0.05) is 78.4 Å². The maximum atomic E-state index is 15.3. The van der Waals surface area contributed by atoms with Crippen molar-refractivity contribution in [2.45, 2.75) is 18.7 Å². The Morgan fingerprint density at radius 2 is 1.61 bits per heavy atom. The molecule has 0 aromatic heterocycles. The Labute approximate surface area is 161 Å². The Bertz CT molecular complexity index is 1010. The molecule has 3 aromatic rings. The normalized spacial score (nSPS) is 13.8. The van der Waals surface area contributed by atoms with Gasteiger partial charge >= 0.3 is 11.6 Å². The van der Waals surface area contributed by atoms with Crippen LogP contribution in [0.25, 0.3) is 0 Å². The number of carbonyl (C=O) groups is 1. The second-order valence-corrected chi connectivity index (χ2v) is 6.35. The van der Waals surface area contributed by atoms with E-state index in [0.717, 1.165) is 5.56 Å². The zero-order chi connectivity index (χ0) is 20.1. The molecule has 0 bridgehead atoms. The predicted molar refractivity (Wildman–Crippen MR) is 100 cm³/mol. The molecule has 28 heavy (non-hydrogen) atoms. The zero-order valence-corrected chi connectivity index (χ0v) is 15.1. The number of rotatable bonds is 5. The van der Waals surface area contributed by atoms with Crippen molar-refractivity contribution in [2.75, 3.05) is 0 Å². The average Bonchev–Trinajstić information content (AvgIpc) is 2.73. The van der Waals surface area contributed by atoms with Crippen molar-refractivity contribution in [1.29, 1.82) is 5.26 Å². The summed E-state index contributed by atoms with van der Waals surface area (Å²) in [6, 6.07) is 21.5. The lowest BCUT2D eigenvalue weighted by Crippen LogP contribution is -2.33. The largest absolute Gasteiger partial charge is 0.449 e. The molecule has 0 aliphatic carbocycles. The Balaban J connectivity index is 2.00. The van der Waals surface area contributed by atoms with E-state index < -0.39 is 23.6 Å². The van der Waals surface area contributed by atoms with E-state index in [1.165, 1.54) is 36.4 Å². The summed E-state index contributed by atoms with van der Waals surface area (Å²) in [4.78, 5) is 12.7. The summed E-state index contributed by atoms with van der Waals surface area (Å²) in [5.41, 5.74) is -1.75. The molecule has 0 aliphatic heterocycles. The molecule has 0 fully saturated rings. The number of benzene rings is 3. The molecular weight excluding hydrogens is 360 g/mol. The number of aryl methyl sites for hydroxylation is 1. The maximum Gasteiger partial charge on any atom is 0.364 e. The monoisotopic (exact) mass is 377 g/mol. The van der Waals surface area contributed by atoms with E-state index in [2.05, 4.69) is 0 Å². The number of hydrogen-bond donors (Lipinski definition) is 0. The Morgan fingerprint density at radius 3 is 2.21 bits per heavy atom. The first-order valence-electron chi connectivity index (χ1n) is 8.63. The quantitative estimate of drug-likeness (QED) is 0.578. The van der Waals surface area contributed by atoms with Crippen LogP contribution in [0.15, 0.2) is 78.9 Å². The van der Waals surface area contributed by atoms with E-state index in [4.69, 9.17) is 4.74 Å². The molecule has 0 N–H and O–H groups in total. The van der Waals surface area contributed by atoms with Gasteiger partial charge in [0.15, 0.2) is 6.10 Å². The van der Waals surface area contributed by atoms with Gasteiger partial charge in [-0.25, -0.2) is 13.6 Å². The van der Waals surface area contributed by atoms with Crippen LogP contribution in [0.2, 0.25) is 0 Å². The number of nitrogens with zero attached hydrogens (tertiary/aromatic N) is 1. The van der Waals surface area contributed by atoms with E-state index in [1.54, 1.807) is 55.5 Å². The molecular formula is C23H17F2NO2. The highest BCUT2D eigenvalue weighted by molar-refractivity contribution is 5.85. The summed E-state index contributed by atoms with van der Waals surface area (Å²) >= 11 is 0. The predicted octanol–water partition coefficient (Wildman–Crippen LogP) is 5.16. The van der Waals surface area contributed by atoms with E-state index in [0.29, 0.717) is 5.56 Å². The van der Waals surface area contributed by atoms with Crippen LogP contribution >= 0.6 is 0 Å². The van der Waals surface area contributed by atoms with Crippen LogP contribution in [0.5, 0.6) is 0 Å². The van der Waals surface area contributed by atoms with Gasteiger partial charge in [-0.2, -0.15) is 5.26 Å². The third-order valence-electron chi connectivity index (χ3n) is 4.40. The molecule has 0 saturated heterocycles. The lowest BCUT2D eigenvalue weighted by molar-refractivity contribution is -0.158. The van der Waals surface area contributed by atoms with Crippen LogP contribution in [0.1, 0.15) is 28.4 Å². The van der Waals surface area contributed by atoms with Crippen molar-refractivity contribution in [3.8, 4) is 6.07 Å². The fourth-order valence-electron chi connectivity index (χ4n) is 2.83. The average molecular weight is 377 g/mol. The second kappa shape index (κ2) is 8.01. The number of esters is 1. The fourth-order valence-corrected chi connectivity index (χ4v) is 2.83. The zero-order valence-electron chi connectivity index (χ0n) is 15.1. The van der Waals surface area contributed by atoms with Gasteiger partial charge in [-0.3, -0.25) is 0 Å². The van der Waals surface area contributed by atoms with E-state index in [9.17, 15) is 14.4 Å². The van der Waals surface area contributed by atoms with Crippen molar-refractivity contribution < 1.29 is 18.3 Å². The van der Waals surface area contributed by atoms with Crippen LogP contribution in [-0.4, -0.2) is 5.97 Å². The van der Waals surface area contributed by atoms with Gasteiger partial charge in [-0.15, -0.1) is 0 Å². The standard InChI is InChI=1S/C23H17F2NO2/c1-16-11-13-18(14-12-16)23(25,15-26)22(27)28-21(17-7-3-2-4-8-17)19-9-5-6-10-20(19)24/h2-14,21H,1H3/t21-,23+/m0/s1. The topological polar surface area (TPSA) is 50.1 Å². The molecule has 0 spiro atoms. The van der Waals surface area contributed by atoms with Crippen molar-refractivity contribution >= 4 is 5.97 Å². The van der Waals surface area contributed by atoms with Crippen molar-refractivity contribution in [3.05, 3.63) is 107 Å². The molecule has 3 rings (SSSR count). The number of nitriles is 1. The highest BCUT2D eigenvalue weighted by atomic mass is 19.1. The van der Waals surface area contributed by atoms with Crippen LogP contribution < -0.4 is 0 Å². The van der Waals surface area contributed by atoms with Gasteiger partial charge in [0.25, 0.3) is 0 Å². The highest BCUT2D eigenvalue weighted by Crippen LogP contribution is 2.34. The third kappa shape index (κ3) is 3.77. The fraction of sp³-hybridized carbons (Fsp3) is 0.130. The summed E-state index contributed by atoms with van der Waals surface area (Å²) in [7, 11) is 0. The van der Waals surface area contributed by atoms with Gasteiger partial charge in [0.1, 0.15) is 11.9 Å². The van der Waals surface area contributed by atoms with Crippen LogP contribution in [0, 0.1) is 24.1 Å². The summed E-state index contributed by atoms with van der Waals surface area (Å²) in [5.74, 6) is -1.99. The summed E-state index contributed by atoms with van der Waals surface area (Å²) in [6.07, 6.45) is -1.19. The first kappa shape index (κ1) is 19.2. The lowest BCUT2D eigenvalue weighted by Gasteiger charge is -2.23. The minimum absolute atomic E-state index is 0.0752. The van der Waals surface area contributed by atoms with Gasteiger partial charge in [0.2, 0.25) is 0 Å². The number of hydrogen-bond acceptors (Lipinski definition) is 3. The molecule has 0 radical (unpaired) electrons. The van der Waals surface area contributed by atoms with Gasteiger partial charge in [0, 0.05) is 11.1 Å². The molecule has 0 unspecified atom stereocenters. The number of alkyl halides is 1. The molecule has 2 atom stereocenters. The van der Waals surface area contributed by atoms with Gasteiger partial charge in [0.05, 0.1) is 0 Å². The van der Waals surface area contributed by atoms with Crippen LogP contribution in [0.4, 0.5) is 8.78 Å². The smallest absolute Gasteiger partial charge is 0.364 e. The van der Waals surface area contributed by atoms with Crippen LogP contribution in [0.3, 0.4) is 0 Å². The molecule has 3 nitrogen and oxygen atoms in total. The number of ether oxygens (including phenoxy) is 1. The number of halogens is 2. The van der Waals surface area contributed by atoms with Crippen molar-refractivity contribution in [3.63, 3.8) is 0 Å². The summed E-state index contributed by atoms with van der Waals surface area (Å²) in [5, 5.41) is 9.39. The first-order chi connectivity index (χ1) is 13.5. The Kier molecular flexibility index (Phi) is 5.51. The van der Waals surface area contributed by atoms with Gasteiger partial charge < -0.3 is 4.74 Å². The van der Waals surface area contributed by atoms with E-state index in [1.807, 2.05) is 0 Å². The second-order valence-electron chi connectivity index (χ2n) is 6.35. The molecule has 5 heteroatoms. The Hall–Kier alpha value is -3.52. The Morgan fingerprint density at radius 1 is 1.00 bits per heavy atom. The lowest BCUT2D eigenvalue weighted by atomic mass is 9.95. The first-order valence-corrected chi connectivity index (χ1v) is 8.63. The van der Waals surface area contributed by atoms with E-state index in [-0.39, 0.29) is 11.1 Å². The minimum atomic E-state index is -3.01. The van der Waals surface area contributed by atoms with Crippen molar-refractivity contribution in [2.24, 2.45) is 0 Å². The SMILES string of the molecule is Cc1ccc([C@](F)(C#N)C(=O)O[C@@H](c2ccccc2)c2ccccc2F)cc1. The summed E-state index contributed by atoms with van der Waals surface area (Å²) in [6.45, 7) is 1.80. The number of carbonyl (C=O) groups excluding carboxylic acids is 1. The summed E-state index contributed by atoms with van der Waals surface area (Å²) < 4.78 is 35.1. The molecule has 0 amide bonds. The molecule has 0 saturated carbocycles. The molecule has 0 aliphatic rings. The maximum absolute atomic E-state index is 15.3. The third-order valence-corrected chi connectivity index (χ3v) is 4.40. The highest BCUT2D eigenvalue weighted by Gasteiger charge is 2.44. The van der Waals surface area contributed by atoms with Crippen molar-refractivity contribution in [1.82, 2.24) is 0 Å². The molecule has 0 heterocycles.